The Bertz CT molecular complexity index is 658. The topological polar surface area (TPSA) is 69.6 Å². The Labute approximate surface area is 153 Å². The van der Waals surface area contributed by atoms with Crippen molar-refractivity contribution in [2.75, 3.05) is 18.4 Å². The van der Waals surface area contributed by atoms with E-state index in [1.165, 1.54) is 5.57 Å². The molecule has 1 aliphatic heterocycles. The number of nitrogens with zero attached hydrogens (tertiary/aromatic N) is 1. The zero-order chi connectivity index (χ0) is 18.1. The molecular weight excluding hydrogens is 340 g/mol. The quantitative estimate of drug-likeness (QED) is 0.801. The van der Waals surface area contributed by atoms with Gasteiger partial charge in [0.15, 0.2) is 0 Å². The lowest BCUT2D eigenvalue weighted by atomic mass is 10.1. The standard InChI is InChI=1S/C18H21ClN2O.CH2O2/c19-15-9-4-5-10-16(15)20-18(22)17-11-6-12-21(17)13-14-7-2-1-3-8-14;2-1-3/h2,4-5,7-10,17H,1,3,6,11-13H2,(H,20,22);1H,(H,2,3). The van der Waals surface area contributed by atoms with Crippen LogP contribution < -0.4 is 5.32 Å². The summed E-state index contributed by atoms with van der Waals surface area (Å²) in [5.74, 6) is 0.0472. The summed E-state index contributed by atoms with van der Waals surface area (Å²) >= 11 is 6.12. The Morgan fingerprint density at radius 3 is 2.80 bits per heavy atom. The van der Waals surface area contributed by atoms with Crippen LogP contribution in [0.1, 0.15) is 25.7 Å². The molecular formula is C19H23ClN2O3. The van der Waals surface area contributed by atoms with Crippen molar-refractivity contribution >= 4 is 29.7 Å². The molecule has 1 unspecified atom stereocenters. The number of hydrogen-bond donors (Lipinski definition) is 2. The second-order valence-corrected chi connectivity index (χ2v) is 6.37. The molecule has 134 valence electrons. The molecule has 0 spiro atoms. The highest BCUT2D eigenvalue weighted by Gasteiger charge is 2.31. The van der Waals surface area contributed by atoms with Crippen LogP contribution in [0, 0.1) is 0 Å². The predicted molar refractivity (Wildman–Crippen MR) is 99.8 cm³/mol. The second kappa shape index (κ2) is 10.0. The van der Waals surface area contributed by atoms with Crippen molar-refractivity contribution < 1.29 is 14.7 Å². The van der Waals surface area contributed by atoms with Crippen LogP contribution in [0.25, 0.3) is 0 Å². The number of carbonyl (C=O) groups excluding carboxylic acids is 1. The number of nitrogens with one attached hydrogen (secondary N) is 1. The van der Waals surface area contributed by atoms with Crippen molar-refractivity contribution in [1.82, 2.24) is 4.90 Å². The summed E-state index contributed by atoms with van der Waals surface area (Å²) in [6.07, 6.45) is 10.9. The molecule has 1 amide bonds. The van der Waals surface area contributed by atoms with Gasteiger partial charge in [0.25, 0.3) is 6.47 Å². The average molecular weight is 363 g/mol. The SMILES string of the molecule is O=C(Nc1ccccc1Cl)C1CCCN1CC1=CCCC=C1.O=CO. The lowest BCUT2D eigenvalue weighted by Gasteiger charge is -2.25. The molecule has 0 saturated carbocycles. The first-order chi connectivity index (χ1) is 12.2. The Morgan fingerprint density at radius 1 is 1.36 bits per heavy atom. The number of para-hydroxylation sites is 1. The minimum Gasteiger partial charge on any atom is -0.483 e. The monoisotopic (exact) mass is 362 g/mol. The number of rotatable bonds is 4. The average Bonchev–Trinajstić information content (AvgIpc) is 3.07. The highest BCUT2D eigenvalue weighted by atomic mass is 35.5. The summed E-state index contributed by atoms with van der Waals surface area (Å²) in [5.41, 5.74) is 2.02. The van der Waals surface area contributed by atoms with Gasteiger partial charge in [-0.05, 0) is 49.9 Å². The van der Waals surface area contributed by atoms with E-state index < -0.39 is 0 Å². The third-order valence-electron chi connectivity index (χ3n) is 4.26. The van der Waals surface area contributed by atoms with Crippen molar-refractivity contribution in [3.63, 3.8) is 0 Å². The number of hydrogen-bond acceptors (Lipinski definition) is 3. The maximum Gasteiger partial charge on any atom is 0.290 e. The maximum atomic E-state index is 12.6. The largest absolute Gasteiger partial charge is 0.483 e. The molecule has 0 radical (unpaired) electrons. The van der Waals surface area contributed by atoms with E-state index in [1.807, 2.05) is 18.2 Å². The highest BCUT2D eigenvalue weighted by Crippen LogP contribution is 2.24. The van der Waals surface area contributed by atoms with E-state index in [1.54, 1.807) is 6.07 Å². The first-order valence-corrected chi connectivity index (χ1v) is 8.76. The minimum absolute atomic E-state index is 0.0472. The summed E-state index contributed by atoms with van der Waals surface area (Å²) in [7, 11) is 0. The van der Waals surface area contributed by atoms with Crippen molar-refractivity contribution in [2.24, 2.45) is 0 Å². The highest BCUT2D eigenvalue weighted by molar-refractivity contribution is 6.33. The van der Waals surface area contributed by atoms with Gasteiger partial charge in [-0.1, -0.05) is 42.0 Å². The first kappa shape index (κ1) is 19.2. The fourth-order valence-electron chi connectivity index (χ4n) is 3.11. The predicted octanol–water partition coefficient (Wildman–Crippen LogP) is 3.72. The van der Waals surface area contributed by atoms with E-state index in [0.717, 1.165) is 38.8 Å². The summed E-state index contributed by atoms with van der Waals surface area (Å²) in [5, 5.41) is 10.4. The fraction of sp³-hybridized carbons (Fsp3) is 0.368. The molecule has 3 rings (SSSR count). The van der Waals surface area contributed by atoms with E-state index in [2.05, 4.69) is 28.4 Å². The molecule has 1 heterocycles. The minimum atomic E-state index is -0.250. The summed E-state index contributed by atoms with van der Waals surface area (Å²) in [4.78, 5) is 23.2. The fourth-order valence-corrected chi connectivity index (χ4v) is 3.29. The van der Waals surface area contributed by atoms with Crippen LogP contribution >= 0.6 is 11.6 Å². The van der Waals surface area contributed by atoms with Crippen LogP contribution in [0.5, 0.6) is 0 Å². The van der Waals surface area contributed by atoms with Crippen LogP contribution in [-0.2, 0) is 9.59 Å². The van der Waals surface area contributed by atoms with Crippen molar-refractivity contribution in [2.45, 2.75) is 31.7 Å². The van der Waals surface area contributed by atoms with E-state index in [9.17, 15) is 4.79 Å². The van der Waals surface area contributed by atoms with Gasteiger partial charge < -0.3 is 10.4 Å². The van der Waals surface area contributed by atoms with Gasteiger partial charge in [-0.25, -0.2) is 0 Å². The molecule has 1 saturated heterocycles. The number of amides is 1. The van der Waals surface area contributed by atoms with E-state index in [4.69, 9.17) is 21.5 Å². The third-order valence-corrected chi connectivity index (χ3v) is 4.59. The normalized spacial score (nSPS) is 19.6. The molecule has 25 heavy (non-hydrogen) atoms. The van der Waals surface area contributed by atoms with Crippen LogP contribution in [-0.4, -0.2) is 41.5 Å². The summed E-state index contributed by atoms with van der Waals surface area (Å²) in [6, 6.07) is 7.31. The van der Waals surface area contributed by atoms with E-state index >= 15 is 0 Å². The number of carbonyl (C=O) groups is 2. The van der Waals surface area contributed by atoms with Crippen LogP contribution in [0.3, 0.4) is 0 Å². The lowest BCUT2D eigenvalue weighted by Crippen LogP contribution is -2.40. The molecule has 6 heteroatoms. The Kier molecular flexibility index (Phi) is 7.70. The van der Waals surface area contributed by atoms with E-state index in [0.29, 0.717) is 10.7 Å². The first-order valence-electron chi connectivity index (χ1n) is 8.38. The molecule has 0 aromatic heterocycles. The van der Waals surface area contributed by atoms with Gasteiger partial charge in [-0.2, -0.15) is 0 Å². The van der Waals surface area contributed by atoms with Gasteiger partial charge in [-0.3, -0.25) is 14.5 Å². The summed E-state index contributed by atoms with van der Waals surface area (Å²) < 4.78 is 0. The zero-order valence-corrected chi connectivity index (χ0v) is 14.8. The Balaban J connectivity index is 0.000000701. The van der Waals surface area contributed by atoms with Gasteiger partial charge in [0.05, 0.1) is 16.8 Å². The van der Waals surface area contributed by atoms with Crippen molar-refractivity contribution in [1.29, 1.82) is 0 Å². The van der Waals surface area contributed by atoms with Gasteiger partial charge in [0.2, 0.25) is 5.91 Å². The second-order valence-electron chi connectivity index (χ2n) is 5.96. The molecule has 1 aromatic rings. The molecule has 1 atom stereocenters. The van der Waals surface area contributed by atoms with Crippen molar-refractivity contribution in [3.8, 4) is 0 Å². The number of anilines is 1. The van der Waals surface area contributed by atoms with Crippen LogP contribution in [0.2, 0.25) is 5.02 Å². The molecule has 2 aliphatic rings. The number of allylic oxidation sites excluding steroid dienone is 2. The van der Waals surface area contributed by atoms with E-state index in [-0.39, 0.29) is 18.4 Å². The maximum absolute atomic E-state index is 12.6. The number of halogens is 1. The molecule has 1 aromatic carbocycles. The number of carboxylic acid groups (broad SMARTS) is 1. The van der Waals surface area contributed by atoms with Crippen molar-refractivity contribution in [3.05, 3.63) is 53.1 Å². The number of likely N-dealkylation sites (tertiary alicyclic amines) is 1. The summed E-state index contributed by atoms with van der Waals surface area (Å²) in [6.45, 7) is 1.59. The van der Waals surface area contributed by atoms with Gasteiger partial charge in [0.1, 0.15) is 0 Å². The van der Waals surface area contributed by atoms with Crippen LogP contribution in [0.4, 0.5) is 5.69 Å². The smallest absolute Gasteiger partial charge is 0.290 e. The third kappa shape index (κ3) is 5.73. The Morgan fingerprint density at radius 2 is 2.12 bits per heavy atom. The molecule has 2 N–H and O–H groups in total. The van der Waals surface area contributed by atoms with Crippen LogP contribution in [0.15, 0.2) is 48.1 Å². The van der Waals surface area contributed by atoms with Gasteiger partial charge in [0, 0.05) is 6.54 Å². The zero-order valence-electron chi connectivity index (χ0n) is 14.0. The lowest BCUT2D eigenvalue weighted by molar-refractivity contribution is -0.123. The molecule has 5 nitrogen and oxygen atoms in total. The van der Waals surface area contributed by atoms with Gasteiger partial charge >= 0.3 is 0 Å². The van der Waals surface area contributed by atoms with Gasteiger partial charge in [-0.15, -0.1) is 0 Å². The molecule has 1 fully saturated rings. The molecule has 0 bridgehead atoms. The Hall–Kier alpha value is -2.11. The molecule has 1 aliphatic carbocycles. The number of benzene rings is 1.